The first-order valence-electron chi connectivity index (χ1n) is 6.37. The maximum Gasteiger partial charge on any atom is 0.258 e. The van der Waals surface area contributed by atoms with Crippen LogP contribution in [0.5, 0.6) is 0 Å². The SMILES string of the molecule is C[C@@H]1CC(=O)N[C@H](C(=O)N2CCC[C@@H]2C(F)F)C1. The molecular weight excluding hydrogens is 242 g/mol. The number of carbonyl (C=O) groups excluding carboxylic acids is 2. The van der Waals surface area contributed by atoms with E-state index in [0.717, 1.165) is 0 Å². The van der Waals surface area contributed by atoms with Gasteiger partial charge in [-0.1, -0.05) is 6.92 Å². The zero-order valence-electron chi connectivity index (χ0n) is 10.4. The number of hydrogen-bond donors (Lipinski definition) is 1. The number of halogens is 2. The van der Waals surface area contributed by atoms with E-state index in [9.17, 15) is 18.4 Å². The van der Waals surface area contributed by atoms with Crippen molar-refractivity contribution in [1.29, 1.82) is 0 Å². The van der Waals surface area contributed by atoms with Gasteiger partial charge in [-0.05, 0) is 25.2 Å². The van der Waals surface area contributed by atoms with Crippen LogP contribution in [0, 0.1) is 5.92 Å². The predicted molar refractivity (Wildman–Crippen MR) is 61.1 cm³/mol. The Balaban J connectivity index is 2.04. The summed E-state index contributed by atoms with van der Waals surface area (Å²) < 4.78 is 25.6. The minimum Gasteiger partial charge on any atom is -0.344 e. The van der Waals surface area contributed by atoms with E-state index in [1.807, 2.05) is 6.92 Å². The molecule has 4 nitrogen and oxygen atoms in total. The number of likely N-dealkylation sites (tertiary alicyclic amines) is 1. The zero-order chi connectivity index (χ0) is 13.3. The summed E-state index contributed by atoms with van der Waals surface area (Å²) in [6.45, 7) is 2.27. The molecule has 2 aliphatic rings. The molecule has 2 heterocycles. The minimum absolute atomic E-state index is 0.125. The Morgan fingerprint density at radius 1 is 1.50 bits per heavy atom. The van der Waals surface area contributed by atoms with Crippen molar-refractivity contribution < 1.29 is 18.4 Å². The van der Waals surface area contributed by atoms with Crippen molar-refractivity contribution in [2.24, 2.45) is 5.92 Å². The molecular formula is C12H18F2N2O2. The van der Waals surface area contributed by atoms with Crippen molar-refractivity contribution in [2.45, 2.75) is 51.1 Å². The molecule has 1 N–H and O–H groups in total. The highest BCUT2D eigenvalue weighted by molar-refractivity contribution is 5.89. The van der Waals surface area contributed by atoms with Crippen LogP contribution in [-0.2, 0) is 9.59 Å². The lowest BCUT2D eigenvalue weighted by atomic mass is 9.93. The Kier molecular flexibility index (Phi) is 3.82. The van der Waals surface area contributed by atoms with Crippen LogP contribution in [0.15, 0.2) is 0 Å². The fourth-order valence-corrected chi connectivity index (χ4v) is 2.81. The molecule has 0 saturated carbocycles. The predicted octanol–water partition coefficient (Wildman–Crippen LogP) is 1.16. The molecule has 0 bridgehead atoms. The van der Waals surface area contributed by atoms with Crippen LogP contribution >= 0.6 is 0 Å². The molecule has 102 valence electrons. The maximum atomic E-state index is 12.8. The number of carbonyl (C=O) groups is 2. The highest BCUT2D eigenvalue weighted by atomic mass is 19.3. The van der Waals surface area contributed by atoms with Crippen molar-refractivity contribution in [2.75, 3.05) is 6.54 Å². The molecule has 2 rings (SSSR count). The lowest BCUT2D eigenvalue weighted by Crippen LogP contribution is -2.54. The Labute approximate surface area is 105 Å². The molecule has 2 aliphatic heterocycles. The van der Waals surface area contributed by atoms with Crippen LogP contribution in [0.3, 0.4) is 0 Å². The summed E-state index contributed by atoms with van der Waals surface area (Å²) in [5.41, 5.74) is 0. The third-order valence-electron chi connectivity index (χ3n) is 3.68. The number of rotatable bonds is 2. The summed E-state index contributed by atoms with van der Waals surface area (Å²) in [5.74, 6) is -0.391. The lowest BCUT2D eigenvalue weighted by molar-refractivity contribution is -0.141. The van der Waals surface area contributed by atoms with E-state index in [-0.39, 0.29) is 17.7 Å². The number of hydrogen-bond acceptors (Lipinski definition) is 2. The van der Waals surface area contributed by atoms with Crippen LogP contribution in [0.1, 0.15) is 32.6 Å². The highest BCUT2D eigenvalue weighted by Gasteiger charge is 2.39. The van der Waals surface area contributed by atoms with E-state index < -0.39 is 18.5 Å². The van der Waals surface area contributed by atoms with Crippen molar-refractivity contribution in [3.05, 3.63) is 0 Å². The first kappa shape index (κ1) is 13.2. The quantitative estimate of drug-likeness (QED) is 0.810. The second kappa shape index (κ2) is 5.20. The second-order valence-corrected chi connectivity index (χ2v) is 5.24. The molecule has 6 heteroatoms. The molecule has 3 atom stereocenters. The summed E-state index contributed by atoms with van der Waals surface area (Å²) in [6, 6.07) is -1.60. The van der Waals surface area contributed by atoms with Gasteiger partial charge < -0.3 is 10.2 Å². The largest absolute Gasteiger partial charge is 0.344 e. The first-order chi connectivity index (χ1) is 8.49. The number of nitrogens with one attached hydrogen (secondary N) is 1. The molecule has 0 spiro atoms. The summed E-state index contributed by atoms with van der Waals surface area (Å²) in [4.78, 5) is 24.8. The average Bonchev–Trinajstić information content (AvgIpc) is 2.75. The summed E-state index contributed by atoms with van der Waals surface area (Å²) in [6.07, 6.45) is -0.608. The molecule has 18 heavy (non-hydrogen) atoms. The van der Waals surface area contributed by atoms with Crippen LogP contribution in [0.2, 0.25) is 0 Å². The van der Waals surface area contributed by atoms with Gasteiger partial charge >= 0.3 is 0 Å². The molecule has 0 aliphatic carbocycles. The van der Waals surface area contributed by atoms with Crippen LogP contribution in [0.4, 0.5) is 8.78 Å². The fraction of sp³-hybridized carbons (Fsp3) is 0.833. The van der Waals surface area contributed by atoms with Gasteiger partial charge in [-0.15, -0.1) is 0 Å². The summed E-state index contributed by atoms with van der Waals surface area (Å²) >= 11 is 0. The molecule has 0 aromatic heterocycles. The van der Waals surface area contributed by atoms with Gasteiger partial charge in [0, 0.05) is 13.0 Å². The number of amides is 2. The monoisotopic (exact) mass is 260 g/mol. The van der Waals surface area contributed by atoms with E-state index in [0.29, 0.717) is 32.2 Å². The Morgan fingerprint density at radius 3 is 2.83 bits per heavy atom. The molecule has 0 radical (unpaired) electrons. The molecule has 0 aromatic rings. The topological polar surface area (TPSA) is 49.4 Å². The van der Waals surface area contributed by atoms with Crippen LogP contribution in [0.25, 0.3) is 0 Å². The number of nitrogens with zero attached hydrogens (tertiary/aromatic N) is 1. The summed E-state index contributed by atoms with van der Waals surface area (Å²) in [7, 11) is 0. The molecule has 2 fully saturated rings. The second-order valence-electron chi connectivity index (χ2n) is 5.24. The van der Waals surface area contributed by atoms with Crippen molar-refractivity contribution in [3.63, 3.8) is 0 Å². The molecule has 2 saturated heterocycles. The van der Waals surface area contributed by atoms with Gasteiger partial charge in [-0.2, -0.15) is 0 Å². The highest BCUT2D eigenvalue weighted by Crippen LogP contribution is 2.26. The zero-order valence-corrected chi connectivity index (χ0v) is 10.4. The van der Waals surface area contributed by atoms with Crippen LogP contribution < -0.4 is 5.32 Å². The smallest absolute Gasteiger partial charge is 0.258 e. The Bertz CT molecular complexity index is 349. The summed E-state index contributed by atoms with van der Waals surface area (Å²) in [5, 5.41) is 2.61. The van der Waals surface area contributed by atoms with E-state index in [1.165, 1.54) is 4.90 Å². The third kappa shape index (κ3) is 2.62. The van der Waals surface area contributed by atoms with E-state index >= 15 is 0 Å². The number of alkyl halides is 2. The van der Waals surface area contributed by atoms with Gasteiger partial charge in [0.1, 0.15) is 6.04 Å². The normalized spacial score (nSPS) is 32.8. The average molecular weight is 260 g/mol. The van der Waals surface area contributed by atoms with E-state index in [2.05, 4.69) is 5.32 Å². The fourth-order valence-electron chi connectivity index (χ4n) is 2.81. The van der Waals surface area contributed by atoms with Crippen molar-refractivity contribution >= 4 is 11.8 Å². The van der Waals surface area contributed by atoms with Gasteiger partial charge in [0.15, 0.2) is 0 Å². The van der Waals surface area contributed by atoms with Gasteiger partial charge in [-0.25, -0.2) is 8.78 Å². The Morgan fingerprint density at radius 2 is 2.22 bits per heavy atom. The molecule has 0 aromatic carbocycles. The molecule has 2 amide bonds. The number of piperidine rings is 1. The van der Waals surface area contributed by atoms with Gasteiger partial charge in [-0.3, -0.25) is 9.59 Å². The van der Waals surface area contributed by atoms with Crippen molar-refractivity contribution in [1.82, 2.24) is 10.2 Å². The lowest BCUT2D eigenvalue weighted by Gasteiger charge is -2.32. The minimum atomic E-state index is -2.51. The van der Waals surface area contributed by atoms with Crippen molar-refractivity contribution in [3.8, 4) is 0 Å². The van der Waals surface area contributed by atoms with E-state index in [1.54, 1.807) is 0 Å². The van der Waals surface area contributed by atoms with Gasteiger partial charge in [0.25, 0.3) is 6.43 Å². The Hall–Kier alpha value is -1.20. The van der Waals surface area contributed by atoms with E-state index in [4.69, 9.17) is 0 Å². The maximum absolute atomic E-state index is 12.8. The van der Waals surface area contributed by atoms with Gasteiger partial charge in [0.05, 0.1) is 6.04 Å². The van der Waals surface area contributed by atoms with Gasteiger partial charge in [0.2, 0.25) is 11.8 Å². The molecule has 0 unspecified atom stereocenters. The first-order valence-corrected chi connectivity index (χ1v) is 6.37. The third-order valence-corrected chi connectivity index (χ3v) is 3.68. The standard InChI is InChI=1S/C12H18F2N2O2/c1-7-5-8(15-10(17)6-7)12(18)16-4-2-3-9(16)11(13)14/h7-9,11H,2-6H2,1H3,(H,15,17)/t7-,8-,9+/m0/s1. The van der Waals surface area contributed by atoms with Crippen LogP contribution in [-0.4, -0.2) is 41.8 Å².